The number of carboxylic acid groups (broad SMARTS) is 1. The van der Waals surface area contributed by atoms with Crippen LogP contribution in [0.15, 0.2) is 53.6 Å². The van der Waals surface area contributed by atoms with Crippen molar-refractivity contribution in [2.75, 3.05) is 11.9 Å². The summed E-state index contributed by atoms with van der Waals surface area (Å²) in [5.74, 6) is -2.79. The summed E-state index contributed by atoms with van der Waals surface area (Å²) in [7, 11) is 0. The minimum absolute atomic E-state index is 0.272. The number of carboxylic acids is 1. The molecule has 3 N–H and O–H groups in total. The number of hydrogen-bond donors (Lipinski definition) is 3. The maximum Gasteiger partial charge on any atom is 0.341 e. The van der Waals surface area contributed by atoms with Gasteiger partial charge in [0.15, 0.2) is 6.61 Å². The molecule has 2 aromatic rings. The van der Waals surface area contributed by atoms with Gasteiger partial charge < -0.3 is 15.2 Å². The second-order valence-corrected chi connectivity index (χ2v) is 5.26. The smallest absolute Gasteiger partial charge is 0.341 e. The molecule has 0 aromatic heterocycles. The number of nitrogens with zero attached hydrogens (tertiary/aromatic N) is 1. The molecule has 0 fully saturated rings. The van der Waals surface area contributed by atoms with Gasteiger partial charge in [-0.15, -0.1) is 0 Å². The van der Waals surface area contributed by atoms with E-state index in [2.05, 4.69) is 15.8 Å². The molecule has 0 bridgehead atoms. The van der Waals surface area contributed by atoms with Gasteiger partial charge in [-0.1, -0.05) is 35.9 Å². The average molecular weight is 376 g/mol. The third-order valence-corrected chi connectivity index (χ3v) is 3.30. The van der Waals surface area contributed by atoms with E-state index >= 15 is 0 Å². The third kappa shape index (κ3) is 5.60. The molecule has 26 heavy (non-hydrogen) atoms. The number of hydrogen-bond acceptors (Lipinski definition) is 5. The molecule has 2 aromatic carbocycles. The van der Waals surface area contributed by atoms with Crippen LogP contribution in [0, 0.1) is 0 Å². The van der Waals surface area contributed by atoms with E-state index in [-0.39, 0.29) is 5.75 Å². The summed E-state index contributed by atoms with van der Waals surface area (Å²) >= 11 is 5.90. The number of halogens is 1. The van der Waals surface area contributed by atoms with Crippen molar-refractivity contribution in [2.24, 2.45) is 5.10 Å². The minimum Gasteiger partial charge on any atom is -0.481 e. The summed E-state index contributed by atoms with van der Waals surface area (Å²) in [5, 5.41) is 15.0. The SMILES string of the molecule is O=C(O)COc1ccccc1/C=N\NC(=O)C(=O)Nc1ccccc1Cl. The van der Waals surface area contributed by atoms with Crippen LogP contribution in [0.5, 0.6) is 5.75 Å². The first kappa shape index (κ1) is 18.9. The fourth-order valence-electron chi connectivity index (χ4n) is 1.81. The number of nitrogens with one attached hydrogen (secondary N) is 2. The van der Waals surface area contributed by atoms with Crippen molar-refractivity contribution < 1.29 is 24.2 Å². The molecule has 0 atom stereocenters. The summed E-state index contributed by atoms with van der Waals surface area (Å²) < 4.78 is 5.10. The van der Waals surface area contributed by atoms with Crippen LogP contribution in [0.2, 0.25) is 5.02 Å². The summed E-state index contributed by atoms with van der Waals surface area (Å²) in [6, 6.07) is 13.0. The van der Waals surface area contributed by atoms with E-state index in [0.717, 1.165) is 0 Å². The van der Waals surface area contributed by atoms with E-state index in [1.807, 2.05) is 0 Å². The van der Waals surface area contributed by atoms with E-state index in [9.17, 15) is 14.4 Å². The summed E-state index contributed by atoms with van der Waals surface area (Å²) in [6.45, 7) is -0.516. The molecule has 9 heteroatoms. The van der Waals surface area contributed by atoms with Crippen LogP contribution in [0.3, 0.4) is 0 Å². The van der Waals surface area contributed by atoms with Crippen molar-refractivity contribution in [3.8, 4) is 5.75 Å². The molecule has 0 aliphatic heterocycles. The highest BCUT2D eigenvalue weighted by molar-refractivity contribution is 6.41. The second-order valence-electron chi connectivity index (χ2n) is 4.85. The normalized spacial score (nSPS) is 10.3. The van der Waals surface area contributed by atoms with Crippen molar-refractivity contribution in [3.05, 3.63) is 59.1 Å². The fraction of sp³-hybridized carbons (Fsp3) is 0.0588. The topological polar surface area (TPSA) is 117 Å². The van der Waals surface area contributed by atoms with Gasteiger partial charge >= 0.3 is 17.8 Å². The van der Waals surface area contributed by atoms with Crippen molar-refractivity contribution in [3.63, 3.8) is 0 Å². The van der Waals surface area contributed by atoms with Gasteiger partial charge in [0.2, 0.25) is 0 Å². The molecule has 0 radical (unpaired) electrons. The lowest BCUT2D eigenvalue weighted by Crippen LogP contribution is -2.32. The molecule has 134 valence electrons. The molecule has 0 saturated heterocycles. The molecular formula is C17H14ClN3O5. The van der Waals surface area contributed by atoms with Gasteiger partial charge in [-0.25, -0.2) is 10.2 Å². The largest absolute Gasteiger partial charge is 0.481 e. The lowest BCUT2D eigenvalue weighted by Gasteiger charge is -2.07. The zero-order valence-electron chi connectivity index (χ0n) is 13.3. The minimum atomic E-state index is -1.12. The summed E-state index contributed by atoms with van der Waals surface area (Å²) in [5.41, 5.74) is 2.79. The Morgan fingerprint density at radius 3 is 2.50 bits per heavy atom. The van der Waals surface area contributed by atoms with Crippen LogP contribution in [-0.4, -0.2) is 35.7 Å². The van der Waals surface area contributed by atoms with E-state index in [1.54, 1.807) is 48.5 Å². The number of carbonyl (C=O) groups is 3. The van der Waals surface area contributed by atoms with E-state index in [0.29, 0.717) is 16.3 Å². The van der Waals surface area contributed by atoms with Gasteiger partial charge in [0.1, 0.15) is 5.75 Å². The van der Waals surface area contributed by atoms with Crippen LogP contribution in [0.4, 0.5) is 5.69 Å². The Bertz CT molecular complexity index is 854. The highest BCUT2D eigenvalue weighted by Gasteiger charge is 2.14. The fourth-order valence-corrected chi connectivity index (χ4v) is 1.99. The number of aliphatic carboxylic acids is 1. The van der Waals surface area contributed by atoms with Crippen molar-refractivity contribution in [1.82, 2.24) is 5.43 Å². The number of amides is 2. The van der Waals surface area contributed by atoms with E-state index in [1.165, 1.54) is 6.21 Å². The molecule has 2 amide bonds. The molecule has 2 rings (SSSR count). The highest BCUT2D eigenvalue weighted by Crippen LogP contribution is 2.20. The number of ether oxygens (including phenoxy) is 1. The third-order valence-electron chi connectivity index (χ3n) is 2.97. The number of hydrazone groups is 1. The first-order valence-electron chi connectivity index (χ1n) is 7.30. The second kappa shape index (κ2) is 9.19. The Morgan fingerprint density at radius 2 is 1.77 bits per heavy atom. The molecule has 0 unspecified atom stereocenters. The van der Waals surface area contributed by atoms with Gasteiger partial charge in [0.25, 0.3) is 0 Å². The highest BCUT2D eigenvalue weighted by atomic mass is 35.5. The molecule has 0 spiro atoms. The number of para-hydroxylation sites is 2. The van der Waals surface area contributed by atoms with Crippen LogP contribution >= 0.6 is 11.6 Å². The van der Waals surface area contributed by atoms with Crippen LogP contribution in [0.1, 0.15) is 5.56 Å². The molecule has 0 aliphatic carbocycles. The Kier molecular flexibility index (Phi) is 6.69. The summed E-state index contributed by atoms with van der Waals surface area (Å²) in [6.07, 6.45) is 1.23. The van der Waals surface area contributed by atoms with Crippen LogP contribution in [-0.2, 0) is 14.4 Å². The zero-order chi connectivity index (χ0) is 18.9. The van der Waals surface area contributed by atoms with Crippen molar-refractivity contribution >= 4 is 41.3 Å². The van der Waals surface area contributed by atoms with E-state index in [4.69, 9.17) is 21.4 Å². The maximum atomic E-state index is 11.8. The molecule has 0 saturated carbocycles. The standard InChI is InChI=1S/C17H14ClN3O5/c18-12-6-2-3-7-13(12)20-16(24)17(25)21-19-9-11-5-1-4-8-14(11)26-10-15(22)23/h1-9H,10H2,(H,20,24)(H,21,25)(H,22,23)/b19-9-. The Labute approximate surface area is 153 Å². The van der Waals surface area contributed by atoms with Gasteiger partial charge in [-0.3, -0.25) is 9.59 Å². The predicted molar refractivity (Wildman–Crippen MR) is 95.4 cm³/mol. The lowest BCUT2D eigenvalue weighted by atomic mass is 10.2. The Balaban J connectivity index is 1.95. The number of benzene rings is 2. The average Bonchev–Trinajstić information content (AvgIpc) is 2.62. The quantitative estimate of drug-likeness (QED) is 0.405. The Hall–Kier alpha value is -3.39. The number of anilines is 1. The molecule has 8 nitrogen and oxygen atoms in total. The van der Waals surface area contributed by atoms with Gasteiger partial charge in [-0.2, -0.15) is 5.10 Å². The van der Waals surface area contributed by atoms with Crippen molar-refractivity contribution in [2.45, 2.75) is 0 Å². The van der Waals surface area contributed by atoms with Gasteiger partial charge in [0, 0.05) is 5.56 Å². The monoisotopic (exact) mass is 375 g/mol. The first-order chi connectivity index (χ1) is 12.5. The van der Waals surface area contributed by atoms with Gasteiger partial charge in [0.05, 0.1) is 16.9 Å². The van der Waals surface area contributed by atoms with Gasteiger partial charge in [-0.05, 0) is 24.3 Å². The predicted octanol–water partition coefficient (Wildman–Crippen LogP) is 1.89. The first-order valence-corrected chi connectivity index (χ1v) is 7.67. The maximum absolute atomic E-state index is 11.8. The zero-order valence-corrected chi connectivity index (χ0v) is 14.1. The van der Waals surface area contributed by atoms with E-state index < -0.39 is 24.4 Å². The van der Waals surface area contributed by atoms with Crippen LogP contribution < -0.4 is 15.5 Å². The number of rotatable bonds is 6. The molecule has 0 heterocycles. The molecule has 0 aliphatic rings. The van der Waals surface area contributed by atoms with Crippen LogP contribution in [0.25, 0.3) is 0 Å². The number of carbonyl (C=O) groups excluding carboxylic acids is 2. The Morgan fingerprint density at radius 1 is 1.08 bits per heavy atom. The summed E-state index contributed by atoms with van der Waals surface area (Å²) in [4.78, 5) is 34.1. The lowest BCUT2D eigenvalue weighted by molar-refractivity contribution is -0.139. The van der Waals surface area contributed by atoms with Crippen molar-refractivity contribution in [1.29, 1.82) is 0 Å². The molecular weight excluding hydrogens is 362 g/mol.